The highest BCUT2D eigenvalue weighted by Gasteiger charge is 2.19. The number of rotatable bonds is 6. The first-order chi connectivity index (χ1) is 15.1. The van der Waals surface area contributed by atoms with E-state index in [4.69, 9.17) is 16.6 Å². The molecule has 2 aliphatic rings. The highest BCUT2D eigenvalue weighted by molar-refractivity contribution is 8.03. The van der Waals surface area contributed by atoms with Crippen LogP contribution in [0.5, 0.6) is 0 Å². The van der Waals surface area contributed by atoms with Gasteiger partial charge in [0.25, 0.3) is 0 Å². The van der Waals surface area contributed by atoms with Crippen LogP contribution in [0.15, 0.2) is 81.2 Å². The number of halogens is 1. The molecule has 0 radical (unpaired) electrons. The molecule has 0 unspecified atom stereocenters. The Morgan fingerprint density at radius 1 is 1.16 bits per heavy atom. The number of fused-ring (bicyclic) bond motifs is 1. The zero-order chi connectivity index (χ0) is 21.6. The number of allylic oxidation sites excluding steroid dienone is 3. The molecule has 3 nitrogen and oxygen atoms in total. The molecular weight excluding hydrogens is 424 g/mol. The average molecular weight is 451 g/mol. The topological polar surface area (TPSA) is 41.5 Å². The Morgan fingerprint density at radius 2 is 1.97 bits per heavy atom. The monoisotopic (exact) mass is 450 g/mol. The molecule has 0 spiro atoms. The molecule has 1 saturated carbocycles. The lowest BCUT2D eigenvalue weighted by molar-refractivity contribution is -0.120. The van der Waals surface area contributed by atoms with Crippen molar-refractivity contribution in [1.29, 1.82) is 0 Å². The van der Waals surface area contributed by atoms with Crippen LogP contribution in [0.2, 0.25) is 5.02 Å². The first kappa shape index (κ1) is 21.9. The van der Waals surface area contributed by atoms with Crippen molar-refractivity contribution in [2.75, 3.05) is 0 Å². The fourth-order valence-electron chi connectivity index (χ4n) is 4.03. The van der Waals surface area contributed by atoms with Gasteiger partial charge in [0.1, 0.15) is 0 Å². The predicted octanol–water partition coefficient (Wildman–Crippen LogP) is 6.91. The van der Waals surface area contributed by atoms with Gasteiger partial charge in [0.2, 0.25) is 5.91 Å². The third-order valence-corrected chi connectivity index (χ3v) is 7.17. The van der Waals surface area contributed by atoms with Crippen LogP contribution in [0.4, 0.5) is 0 Å². The SMILES string of the molecule is CC1=C(C/C=C\CC(=O)NC2CCCC2)Sc2ccccc2C(c2cccc(Cl)c2)=N1. The van der Waals surface area contributed by atoms with E-state index < -0.39 is 0 Å². The van der Waals surface area contributed by atoms with Gasteiger partial charge >= 0.3 is 0 Å². The third kappa shape index (κ3) is 5.69. The molecule has 0 atom stereocenters. The van der Waals surface area contributed by atoms with E-state index >= 15 is 0 Å². The van der Waals surface area contributed by atoms with E-state index in [9.17, 15) is 4.79 Å². The van der Waals surface area contributed by atoms with Crippen molar-refractivity contribution >= 4 is 35.0 Å². The van der Waals surface area contributed by atoms with E-state index in [1.165, 1.54) is 22.6 Å². The molecule has 1 aliphatic heterocycles. The Morgan fingerprint density at radius 3 is 2.77 bits per heavy atom. The standard InChI is InChI=1S/C26H27ClN2OS/c1-18-23(14-6-7-16-25(30)29-21-11-2-3-12-21)31-24-15-5-4-13-22(24)26(28-18)19-9-8-10-20(27)17-19/h4-10,13,15,17,21H,2-3,11-12,14,16H2,1H3,(H,29,30)/b7-6-. The van der Waals surface area contributed by atoms with Crippen molar-refractivity contribution in [3.8, 4) is 0 Å². The first-order valence-corrected chi connectivity index (χ1v) is 12.1. The Bertz CT molecular complexity index is 1050. The molecule has 0 saturated heterocycles. The zero-order valence-corrected chi connectivity index (χ0v) is 19.3. The number of benzene rings is 2. The van der Waals surface area contributed by atoms with Gasteiger partial charge in [-0.3, -0.25) is 9.79 Å². The summed E-state index contributed by atoms with van der Waals surface area (Å²) in [4.78, 5) is 19.5. The van der Waals surface area contributed by atoms with Crippen molar-refractivity contribution < 1.29 is 4.79 Å². The molecule has 1 fully saturated rings. The van der Waals surface area contributed by atoms with Crippen molar-refractivity contribution in [2.45, 2.75) is 56.4 Å². The molecule has 4 rings (SSSR count). The number of carbonyl (C=O) groups is 1. The second kappa shape index (κ2) is 10.3. The molecule has 2 aromatic rings. The summed E-state index contributed by atoms with van der Waals surface area (Å²) < 4.78 is 0. The van der Waals surface area contributed by atoms with Gasteiger partial charge in [-0.1, -0.05) is 78.7 Å². The average Bonchev–Trinajstić information content (AvgIpc) is 3.22. The van der Waals surface area contributed by atoms with Gasteiger partial charge in [-0.2, -0.15) is 0 Å². The third-order valence-electron chi connectivity index (χ3n) is 5.65. The highest BCUT2D eigenvalue weighted by atomic mass is 35.5. The fraction of sp³-hybridized carbons (Fsp3) is 0.308. The lowest BCUT2D eigenvalue weighted by atomic mass is 10.0. The number of amides is 1. The van der Waals surface area contributed by atoms with Crippen molar-refractivity contribution in [3.05, 3.63) is 87.4 Å². The lowest BCUT2D eigenvalue weighted by Gasteiger charge is -2.10. The van der Waals surface area contributed by atoms with Crippen LogP contribution in [-0.4, -0.2) is 17.7 Å². The number of hydrogen-bond acceptors (Lipinski definition) is 3. The Balaban J connectivity index is 1.50. The summed E-state index contributed by atoms with van der Waals surface area (Å²) in [5, 5.41) is 3.84. The Kier molecular flexibility index (Phi) is 7.31. The van der Waals surface area contributed by atoms with Crippen molar-refractivity contribution in [2.24, 2.45) is 4.99 Å². The lowest BCUT2D eigenvalue weighted by Crippen LogP contribution is -2.31. The van der Waals surface area contributed by atoms with Gasteiger partial charge in [-0.25, -0.2) is 0 Å². The van der Waals surface area contributed by atoms with Crippen LogP contribution in [-0.2, 0) is 4.79 Å². The first-order valence-electron chi connectivity index (χ1n) is 10.9. The van der Waals surface area contributed by atoms with Gasteiger partial charge in [-0.15, -0.1) is 0 Å². The smallest absolute Gasteiger partial charge is 0.224 e. The minimum atomic E-state index is 0.119. The fourth-order valence-corrected chi connectivity index (χ4v) is 5.28. The van der Waals surface area contributed by atoms with Crippen LogP contribution in [0.25, 0.3) is 0 Å². The predicted molar refractivity (Wildman–Crippen MR) is 131 cm³/mol. The summed E-state index contributed by atoms with van der Waals surface area (Å²) in [5.41, 5.74) is 4.07. The number of aliphatic imine (C=N–C) groups is 1. The summed E-state index contributed by atoms with van der Waals surface area (Å²) >= 11 is 8.00. The molecule has 0 bridgehead atoms. The number of hydrogen-bond donors (Lipinski definition) is 1. The van der Waals surface area contributed by atoms with E-state index in [0.717, 1.165) is 41.8 Å². The van der Waals surface area contributed by atoms with Crippen LogP contribution in [0, 0.1) is 0 Å². The second-order valence-electron chi connectivity index (χ2n) is 8.01. The maximum absolute atomic E-state index is 12.1. The molecule has 1 N–H and O–H groups in total. The largest absolute Gasteiger partial charge is 0.353 e. The molecular formula is C26H27ClN2OS. The van der Waals surface area contributed by atoms with E-state index in [1.54, 1.807) is 11.8 Å². The van der Waals surface area contributed by atoms with Gasteiger partial charge in [0, 0.05) is 44.1 Å². The van der Waals surface area contributed by atoms with E-state index in [-0.39, 0.29) is 5.91 Å². The molecule has 5 heteroatoms. The maximum Gasteiger partial charge on any atom is 0.224 e. The number of carbonyl (C=O) groups excluding carboxylic acids is 1. The molecule has 1 heterocycles. The van der Waals surface area contributed by atoms with Gasteiger partial charge < -0.3 is 5.32 Å². The molecule has 160 valence electrons. The van der Waals surface area contributed by atoms with Crippen LogP contribution in [0.3, 0.4) is 0 Å². The zero-order valence-electron chi connectivity index (χ0n) is 17.7. The molecule has 2 aromatic carbocycles. The number of nitrogens with one attached hydrogen (secondary N) is 1. The minimum Gasteiger partial charge on any atom is -0.353 e. The van der Waals surface area contributed by atoms with E-state index in [0.29, 0.717) is 17.5 Å². The van der Waals surface area contributed by atoms with Crippen LogP contribution >= 0.6 is 23.4 Å². The number of thioether (sulfide) groups is 1. The van der Waals surface area contributed by atoms with Gasteiger partial charge in [0.15, 0.2) is 0 Å². The Hall–Kier alpha value is -2.30. The van der Waals surface area contributed by atoms with Gasteiger partial charge in [-0.05, 0) is 44.4 Å². The van der Waals surface area contributed by atoms with Crippen molar-refractivity contribution in [1.82, 2.24) is 5.32 Å². The summed E-state index contributed by atoms with van der Waals surface area (Å²) in [6.45, 7) is 2.05. The second-order valence-corrected chi connectivity index (χ2v) is 9.58. The molecule has 0 aromatic heterocycles. The maximum atomic E-state index is 12.1. The number of nitrogens with zero attached hydrogens (tertiary/aromatic N) is 1. The normalized spacial score (nSPS) is 16.9. The summed E-state index contributed by atoms with van der Waals surface area (Å²) in [5.74, 6) is 0.119. The highest BCUT2D eigenvalue weighted by Crippen LogP contribution is 2.38. The summed E-state index contributed by atoms with van der Waals surface area (Å²) in [6.07, 6.45) is 9.94. The van der Waals surface area contributed by atoms with E-state index in [1.807, 2.05) is 36.4 Å². The molecule has 1 amide bonds. The Labute approximate surface area is 193 Å². The quantitative estimate of drug-likeness (QED) is 0.485. The summed E-state index contributed by atoms with van der Waals surface area (Å²) in [7, 11) is 0. The van der Waals surface area contributed by atoms with Crippen LogP contribution < -0.4 is 5.32 Å². The van der Waals surface area contributed by atoms with Crippen molar-refractivity contribution in [3.63, 3.8) is 0 Å². The molecule has 31 heavy (non-hydrogen) atoms. The van der Waals surface area contributed by atoms with Crippen LogP contribution in [0.1, 0.15) is 56.6 Å². The summed E-state index contributed by atoms with van der Waals surface area (Å²) in [6, 6.07) is 16.6. The molecule has 1 aliphatic carbocycles. The van der Waals surface area contributed by atoms with E-state index in [2.05, 4.69) is 36.5 Å². The minimum absolute atomic E-state index is 0.119. The van der Waals surface area contributed by atoms with Gasteiger partial charge in [0.05, 0.1) is 5.71 Å².